The van der Waals surface area contributed by atoms with Crippen molar-refractivity contribution >= 4 is 37.4 Å². The van der Waals surface area contributed by atoms with Gasteiger partial charge in [0.15, 0.2) is 0 Å². The molecule has 1 heterocycles. The standard InChI is InChI=1S/C12H14BrNO4S/c13-9-5-8(12(15)16)6-11(7-9)14-10-1-3-19(17,18)4-2-10/h5-7,10,14H,1-4H2,(H,15,16). The lowest BCUT2D eigenvalue weighted by Crippen LogP contribution is -2.32. The van der Waals surface area contributed by atoms with Crippen LogP contribution in [0, 0.1) is 0 Å². The average molecular weight is 348 g/mol. The van der Waals surface area contributed by atoms with Crippen LogP contribution in [-0.4, -0.2) is 37.0 Å². The molecule has 0 spiro atoms. The molecule has 19 heavy (non-hydrogen) atoms. The van der Waals surface area contributed by atoms with Crippen LogP contribution in [0.3, 0.4) is 0 Å². The molecular weight excluding hydrogens is 334 g/mol. The van der Waals surface area contributed by atoms with Crippen molar-refractivity contribution in [2.45, 2.75) is 18.9 Å². The Kier molecular flexibility index (Phi) is 4.15. The van der Waals surface area contributed by atoms with Crippen LogP contribution in [0.25, 0.3) is 0 Å². The Labute approximate surface area is 120 Å². The van der Waals surface area contributed by atoms with Crippen LogP contribution in [0.15, 0.2) is 22.7 Å². The number of hydrogen-bond donors (Lipinski definition) is 2. The maximum Gasteiger partial charge on any atom is 0.335 e. The van der Waals surface area contributed by atoms with Crippen molar-refractivity contribution in [3.05, 3.63) is 28.2 Å². The number of carboxylic acid groups (broad SMARTS) is 1. The van der Waals surface area contributed by atoms with Crippen molar-refractivity contribution in [1.29, 1.82) is 0 Å². The second-order valence-corrected chi connectivity index (χ2v) is 7.82. The first-order chi connectivity index (χ1) is 8.85. The van der Waals surface area contributed by atoms with Gasteiger partial charge in [-0.25, -0.2) is 13.2 Å². The van der Waals surface area contributed by atoms with Gasteiger partial charge in [-0.2, -0.15) is 0 Å². The number of benzene rings is 1. The van der Waals surface area contributed by atoms with Gasteiger partial charge in [-0.1, -0.05) is 15.9 Å². The molecule has 1 aliphatic heterocycles. The Bertz CT molecular complexity index is 586. The van der Waals surface area contributed by atoms with Crippen LogP contribution in [0.1, 0.15) is 23.2 Å². The lowest BCUT2D eigenvalue weighted by atomic mass is 10.1. The zero-order valence-corrected chi connectivity index (χ0v) is 12.5. The smallest absolute Gasteiger partial charge is 0.335 e. The number of hydrogen-bond acceptors (Lipinski definition) is 4. The van der Waals surface area contributed by atoms with Gasteiger partial charge in [0.1, 0.15) is 9.84 Å². The molecule has 7 heteroatoms. The highest BCUT2D eigenvalue weighted by molar-refractivity contribution is 9.10. The molecule has 0 saturated carbocycles. The molecular formula is C12H14BrNO4S. The van der Waals surface area contributed by atoms with Crippen molar-refractivity contribution in [2.24, 2.45) is 0 Å². The third-order valence-corrected chi connectivity index (χ3v) is 5.24. The van der Waals surface area contributed by atoms with E-state index in [-0.39, 0.29) is 23.1 Å². The minimum absolute atomic E-state index is 0.0690. The van der Waals surface area contributed by atoms with E-state index in [0.29, 0.717) is 23.0 Å². The summed E-state index contributed by atoms with van der Waals surface area (Å²) in [4.78, 5) is 11.0. The first-order valence-electron chi connectivity index (χ1n) is 5.86. The van der Waals surface area contributed by atoms with E-state index in [1.807, 2.05) is 0 Å². The highest BCUT2D eigenvalue weighted by Crippen LogP contribution is 2.23. The summed E-state index contributed by atoms with van der Waals surface area (Å²) in [5.41, 5.74) is 0.886. The minimum atomic E-state index is -2.88. The molecule has 1 fully saturated rings. The second kappa shape index (κ2) is 5.50. The summed E-state index contributed by atoms with van der Waals surface area (Å²) in [6.07, 6.45) is 1.11. The molecule has 2 rings (SSSR count). The third-order valence-electron chi connectivity index (χ3n) is 3.07. The molecule has 0 radical (unpaired) electrons. The molecule has 1 aliphatic rings. The normalized spacial score (nSPS) is 19.0. The van der Waals surface area contributed by atoms with Crippen LogP contribution >= 0.6 is 15.9 Å². The van der Waals surface area contributed by atoms with Crippen molar-refractivity contribution in [3.63, 3.8) is 0 Å². The van der Waals surface area contributed by atoms with E-state index in [4.69, 9.17) is 5.11 Å². The molecule has 0 unspecified atom stereocenters. The fraction of sp³-hybridized carbons (Fsp3) is 0.417. The fourth-order valence-electron chi connectivity index (χ4n) is 2.07. The summed E-state index contributed by atoms with van der Waals surface area (Å²) in [5, 5.41) is 12.2. The number of aromatic carboxylic acids is 1. The number of carbonyl (C=O) groups is 1. The van der Waals surface area contributed by atoms with Gasteiger partial charge < -0.3 is 10.4 Å². The number of nitrogens with one attached hydrogen (secondary N) is 1. The predicted molar refractivity (Wildman–Crippen MR) is 76.4 cm³/mol. The summed E-state index contributed by atoms with van der Waals surface area (Å²) in [6.45, 7) is 0. The zero-order valence-electron chi connectivity index (χ0n) is 10.1. The quantitative estimate of drug-likeness (QED) is 0.874. The van der Waals surface area contributed by atoms with E-state index in [9.17, 15) is 13.2 Å². The Morgan fingerprint density at radius 1 is 1.26 bits per heavy atom. The molecule has 5 nitrogen and oxygen atoms in total. The SMILES string of the molecule is O=C(O)c1cc(Br)cc(NC2CCS(=O)(=O)CC2)c1. The maximum absolute atomic E-state index is 11.3. The van der Waals surface area contributed by atoms with Crippen molar-refractivity contribution in [3.8, 4) is 0 Å². The molecule has 1 saturated heterocycles. The summed E-state index contributed by atoms with van der Waals surface area (Å²) in [7, 11) is -2.88. The van der Waals surface area contributed by atoms with E-state index in [0.717, 1.165) is 0 Å². The summed E-state index contributed by atoms with van der Waals surface area (Å²) < 4.78 is 23.3. The second-order valence-electron chi connectivity index (χ2n) is 4.60. The Balaban J connectivity index is 2.09. The molecule has 1 aromatic rings. The molecule has 0 atom stereocenters. The topological polar surface area (TPSA) is 83.5 Å². The monoisotopic (exact) mass is 347 g/mol. The maximum atomic E-state index is 11.3. The Morgan fingerprint density at radius 2 is 1.89 bits per heavy atom. The van der Waals surface area contributed by atoms with E-state index in [2.05, 4.69) is 21.2 Å². The molecule has 0 aromatic heterocycles. The third kappa shape index (κ3) is 3.94. The van der Waals surface area contributed by atoms with Crippen LogP contribution in [0.2, 0.25) is 0 Å². The van der Waals surface area contributed by atoms with E-state index >= 15 is 0 Å². The van der Waals surface area contributed by atoms with Crippen LogP contribution in [0.5, 0.6) is 0 Å². The van der Waals surface area contributed by atoms with Crippen LogP contribution in [0.4, 0.5) is 5.69 Å². The van der Waals surface area contributed by atoms with Gasteiger partial charge in [0.25, 0.3) is 0 Å². The van der Waals surface area contributed by atoms with Gasteiger partial charge in [-0.05, 0) is 31.0 Å². The van der Waals surface area contributed by atoms with Crippen molar-refractivity contribution < 1.29 is 18.3 Å². The molecule has 1 aromatic carbocycles. The summed E-state index contributed by atoms with van der Waals surface area (Å²) in [6, 6.07) is 4.93. The summed E-state index contributed by atoms with van der Waals surface area (Å²) >= 11 is 3.26. The molecule has 0 aliphatic carbocycles. The number of anilines is 1. The number of halogens is 1. The van der Waals surface area contributed by atoms with Gasteiger partial charge in [0.05, 0.1) is 17.1 Å². The van der Waals surface area contributed by atoms with Crippen LogP contribution in [-0.2, 0) is 9.84 Å². The van der Waals surface area contributed by atoms with E-state index < -0.39 is 15.8 Å². The van der Waals surface area contributed by atoms with Gasteiger partial charge in [0.2, 0.25) is 0 Å². The largest absolute Gasteiger partial charge is 0.478 e. The van der Waals surface area contributed by atoms with E-state index in [1.54, 1.807) is 12.1 Å². The lowest BCUT2D eigenvalue weighted by Gasteiger charge is -2.24. The first-order valence-corrected chi connectivity index (χ1v) is 8.48. The zero-order chi connectivity index (χ0) is 14.0. The summed E-state index contributed by atoms with van der Waals surface area (Å²) in [5.74, 6) is -0.620. The number of rotatable bonds is 3. The molecule has 0 bridgehead atoms. The average Bonchev–Trinajstić information content (AvgIpc) is 2.31. The fourth-order valence-corrected chi connectivity index (χ4v) is 4.05. The predicted octanol–water partition coefficient (Wildman–Crippen LogP) is 2.14. The van der Waals surface area contributed by atoms with Gasteiger partial charge in [-0.15, -0.1) is 0 Å². The lowest BCUT2D eigenvalue weighted by molar-refractivity contribution is 0.0697. The highest BCUT2D eigenvalue weighted by Gasteiger charge is 2.23. The van der Waals surface area contributed by atoms with Crippen molar-refractivity contribution in [1.82, 2.24) is 0 Å². The molecule has 2 N–H and O–H groups in total. The Hall–Kier alpha value is -1.08. The number of sulfone groups is 1. The van der Waals surface area contributed by atoms with Gasteiger partial charge >= 0.3 is 5.97 Å². The first kappa shape index (κ1) is 14.3. The van der Waals surface area contributed by atoms with Gasteiger partial charge in [0, 0.05) is 16.2 Å². The van der Waals surface area contributed by atoms with Gasteiger partial charge in [-0.3, -0.25) is 0 Å². The van der Waals surface area contributed by atoms with Crippen molar-refractivity contribution in [2.75, 3.05) is 16.8 Å². The van der Waals surface area contributed by atoms with Crippen LogP contribution < -0.4 is 5.32 Å². The molecule has 104 valence electrons. The van der Waals surface area contributed by atoms with E-state index in [1.165, 1.54) is 6.07 Å². The minimum Gasteiger partial charge on any atom is -0.478 e. The highest BCUT2D eigenvalue weighted by atomic mass is 79.9. The number of carboxylic acids is 1. The Morgan fingerprint density at radius 3 is 2.47 bits per heavy atom. The molecule has 0 amide bonds.